The number of carbonyl (C=O) groups excluding carboxylic acids is 1. The molecule has 4 heteroatoms. The predicted octanol–water partition coefficient (Wildman–Crippen LogP) is 1.96. The highest BCUT2D eigenvalue weighted by Crippen LogP contribution is 2.15. The monoisotopic (exact) mass is 252 g/mol. The minimum Gasteiger partial charge on any atom is -0.306 e. The Labute approximate surface area is 106 Å². The summed E-state index contributed by atoms with van der Waals surface area (Å²) >= 11 is 0. The number of aryl methyl sites for hydroxylation is 2. The second kappa shape index (κ2) is 7.24. The Morgan fingerprint density at radius 3 is 2.06 bits per heavy atom. The van der Waals surface area contributed by atoms with Gasteiger partial charge in [-0.15, -0.1) is 0 Å². The lowest BCUT2D eigenvalue weighted by atomic mass is 10.00. The molecule has 0 amide bonds. The van der Waals surface area contributed by atoms with Crippen LogP contribution < -0.4 is 0 Å². The fourth-order valence-electron chi connectivity index (χ4n) is 1.87. The molecule has 0 bridgehead atoms. The molecule has 1 rings (SSSR count). The second-order valence-electron chi connectivity index (χ2n) is 4.08. The number of hydrogen-bond donors (Lipinski definition) is 0. The number of hydrogen-bond acceptors (Lipinski definition) is 3. The summed E-state index contributed by atoms with van der Waals surface area (Å²) in [6.07, 6.45) is 4.11. The second-order valence-corrected chi connectivity index (χ2v) is 4.41. The van der Waals surface area contributed by atoms with E-state index in [0.29, 0.717) is 16.0 Å². The van der Waals surface area contributed by atoms with Crippen molar-refractivity contribution in [3.63, 3.8) is 0 Å². The number of rotatable bonds is 6. The maximum absolute atomic E-state index is 11.6. The molecule has 0 aliphatic heterocycles. The molecule has 0 N–H and O–H groups in total. The van der Waals surface area contributed by atoms with Crippen molar-refractivity contribution in [2.45, 2.75) is 39.5 Å². The summed E-state index contributed by atoms with van der Waals surface area (Å²) in [4.78, 5) is 16.2. The van der Waals surface area contributed by atoms with E-state index in [9.17, 15) is 4.79 Å². The molecule has 0 heterocycles. The lowest BCUT2D eigenvalue weighted by molar-refractivity contribution is -0.145. The smallest absolute Gasteiger partial charge is 0.306 e. The molecule has 0 aromatic heterocycles. The van der Waals surface area contributed by atoms with E-state index >= 15 is 0 Å². The first-order valence-corrected chi connectivity index (χ1v) is 6.90. The van der Waals surface area contributed by atoms with Crippen LogP contribution in [0.5, 0.6) is 0 Å². The van der Waals surface area contributed by atoms with Crippen molar-refractivity contribution in [3.8, 4) is 0 Å². The molecule has 0 unspecified atom stereocenters. The van der Waals surface area contributed by atoms with Gasteiger partial charge in [0.15, 0.2) is 0 Å². The first kappa shape index (κ1) is 13.9. The Balaban J connectivity index is 2.98. The van der Waals surface area contributed by atoms with Gasteiger partial charge >= 0.3 is 5.97 Å². The quantitative estimate of drug-likeness (QED) is 0.441. The van der Waals surface area contributed by atoms with Crippen LogP contribution in [-0.4, -0.2) is 16.5 Å². The molecule has 17 heavy (non-hydrogen) atoms. The molecule has 0 aliphatic rings. The van der Waals surface area contributed by atoms with Gasteiger partial charge in [-0.1, -0.05) is 32.8 Å². The lowest BCUT2D eigenvalue weighted by Crippen LogP contribution is -2.06. The van der Waals surface area contributed by atoms with Crippen molar-refractivity contribution in [2.75, 3.05) is 0 Å². The van der Waals surface area contributed by atoms with E-state index in [1.165, 1.54) is 11.1 Å². The predicted molar refractivity (Wildman–Crippen MR) is 70.9 cm³/mol. The zero-order valence-corrected chi connectivity index (χ0v) is 12.8. The van der Waals surface area contributed by atoms with Crippen LogP contribution in [0, 0.1) is 0 Å². The Hall–Kier alpha value is -1.13. The molecule has 1 aromatic rings. The maximum atomic E-state index is 11.6. The lowest BCUT2D eigenvalue weighted by Gasteiger charge is -2.07. The van der Waals surface area contributed by atoms with Crippen molar-refractivity contribution in [1.82, 2.24) is 0 Å². The van der Waals surface area contributed by atoms with Crippen molar-refractivity contribution in [1.29, 1.82) is 0 Å². The van der Waals surface area contributed by atoms with Crippen LogP contribution >= 0.6 is 0 Å². The topological polar surface area (TPSA) is 35.5 Å². The molecule has 0 fully saturated rings. The Bertz CT molecular complexity index is 353. The van der Waals surface area contributed by atoms with Gasteiger partial charge in [0.25, 0.3) is 0 Å². The van der Waals surface area contributed by atoms with Crippen molar-refractivity contribution in [2.24, 2.45) is 0 Å². The number of carbonyl (C=O) groups is 1. The highest BCUT2D eigenvalue weighted by molar-refractivity contribution is 5.98. The van der Waals surface area contributed by atoms with Gasteiger partial charge in [-0.25, -0.2) is 4.79 Å². The van der Waals surface area contributed by atoms with E-state index < -0.39 is 5.97 Å². The van der Waals surface area contributed by atoms with E-state index in [4.69, 9.17) is 0 Å². The summed E-state index contributed by atoms with van der Waals surface area (Å²) in [6, 6.07) is 5.96. The van der Waals surface area contributed by atoms with Crippen LogP contribution in [0.15, 0.2) is 18.2 Å². The van der Waals surface area contributed by atoms with Crippen LogP contribution in [0.2, 0.25) is 0 Å². The molecule has 0 saturated carbocycles. The summed E-state index contributed by atoms with van der Waals surface area (Å²) in [6.45, 7) is 4.26. The molecule has 0 spiro atoms. The highest BCUT2D eigenvalue weighted by atomic mass is 28.2. The molecule has 94 valence electrons. The van der Waals surface area contributed by atoms with Gasteiger partial charge in [0.05, 0.1) is 5.56 Å². The van der Waals surface area contributed by atoms with Crippen LogP contribution in [0.1, 0.15) is 48.2 Å². The third-order valence-electron chi connectivity index (χ3n) is 2.52. The summed E-state index contributed by atoms with van der Waals surface area (Å²) in [5.41, 5.74) is 2.98. The summed E-state index contributed by atoms with van der Waals surface area (Å²) in [7, 11) is 0.394. The van der Waals surface area contributed by atoms with Gasteiger partial charge in [-0.3, -0.25) is 4.58 Å². The Kier molecular flexibility index (Phi) is 5.93. The van der Waals surface area contributed by atoms with Crippen molar-refractivity contribution >= 4 is 16.5 Å². The minimum atomic E-state index is -0.393. The Morgan fingerprint density at radius 2 is 1.65 bits per heavy atom. The summed E-state index contributed by atoms with van der Waals surface area (Å²) < 4.78 is 4.55. The average molecular weight is 252 g/mol. The van der Waals surface area contributed by atoms with Crippen LogP contribution in [0.4, 0.5) is 0 Å². The van der Waals surface area contributed by atoms with Crippen molar-refractivity contribution in [3.05, 3.63) is 34.9 Å². The third-order valence-corrected chi connectivity index (χ3v) is 2.69. The summed E-state index contributed by atoms with van der Waals surface area (Å²) in [5, 5.41) is 0. The molecule has 3 nitrogen and oxygen atoms in total. The maximum Gasteiger partial charge on any atom is 0.371 e. The first-order chi connectivity index (χ1) is 8.21. The zero-order chi connectivity index (χ0) is 12.7. The van der Waals surface area contributed by atoms with Crippen LogP contribution in [-0.2, 0) is 22.3 Å². The van der Waals surface area contributed by atoms with Gasteiger partial charge in [0, 0.05) is 0 Å². The minimum absolute atomic E-state index is 0.393. The molecule has 1 aromatic carbocycles. The van der Waals surface area contributed by atoms with E-state index in [0.717, 1.165) is 25.7 Å². The molecule has 0 atom stereocenters. The van der Waals surface area contributed by atoms with Gasteiger partial charge in [0.1, 0.15) is 0 Å². The normalized spacial score (nSPS) is 10.5. The highest BCUT2D eigenvalue weighted by Gasteiger charge is 2.10. The first-order valence-electron chi connectivity index (χ1n) is 6.09. The molecular formula is C13H20O3Si. The Morgan fingerprint density at radius 1 is 1.12 bits per heavy atom. The third kappa shape index (κ3) is 4.32. The van der Waals surface area contributed by atoms with Crippen LogP contribution in [0.25, 0.3) is 0 Å². The van der Waals surface area contributed by atoms with E-state index in [2.05, 4.69) is 29.4 Å². The fourth-order valence-corrected chi connectivity index (χ4v) is 2.02. The van der Waals surface area contributed by atoms with Crippen molar-refractivity contribution < 1.29 is 14.3 Å². The summed E-state index contributed by atoms with van der Waals surface area (Å²) in [5.74, 6) is -0.393. The average Bonchev–Trinajstić information content (AvgIpc) is 2.30. The van der Waals surface area contributed by atoms with Gasteiger partial charge in [0.2, 0.25) is 10.5 Å². The van der Waals surface area contributed by atoms with E-state index in [-0.39, 0.29) is 0 Å². The zero-order valence-electron chi connectivity index (χ0n) is 10.8. The molecule has 0 saturated heterocycles. The van der Waals surface area contributed by atoms with E-state index in [1.807, 2.05) is 12.1 Å². The van der Waals surface area contributed by atoms with E-state index in [1.54, 1.807) is 0 Å². The fraction of sp³-hybridized carbons (Fsp3) is 0.462. The molecular weight excluding hydrogens is 232 g/mol. The van der Waals surface area contributed by atoms with Gasteiger partial charge in [-0.2, -0.15) is 0 Å². The van der Waals surface area contributed by atoms with Gasteiger partial charge in [-0.05, 0) is 36.1 Å². The SMILES string of the molecule is CCCc1cc(CCC)cc(C(=O)OO[SiH3])c1. The molecule has 0 radical (unpaired) electrons. The number of benzene rings is 1. The standard InChI is InChI=1S/C13H20O3Si/c1-3-5-10-7-11(6-4-2)9-12(8-10)13(14)15-16-17/h7-9H,3-6H2,1-2,17H3. The molecule has 0 aliphatic carbocycles. The van der Waals surface area contributed by atoms with Crippen LogP contribution in [0.3, 0.4) is 0 Å². The largest absolute Gasteiger partial charge is 0.371 e. The van der Waals surface area contributed by atoms with Gasteiger partial charge < -0.3 is 4.89 Å².